The maximum absolute atomic E-state index is 11.2. The number of carbonyl (C=O) groups excluding carboxylic acids is 1. The van der Waals surface area contributed by atoms with Crippen molar-refractivity contribution >= 4 is 35.4 Å². The normalized spacial score (nSPS) is 11.0. The van der Waals surface area contributed by atoms with Crippen LogP contribution in [-0.2, 0) is 14.4 Å². The fourth-order valence-corrected chi connectivity index (χ4v) is 3.07. The van der Waals surface area contributed by atoms with Gasteiger partial charge in [0.1, 0.15) is 11.5 Å². The minimum Gasteiger partial charge on any atom is -0.496 e. The lowest BCUT2D eigenvalue weighted by Crippen LogP contribution is -2.10. The minimum absolute atomic E-state index is 0.257. The quantitative estimate of drug-likeness (QED) is 0.279. The highest BCUT2D eigenvalue weighted by Crippen LogP contribution is 2.39. The van der Waals surface area contributed by atoms with E-state index >= 15 is 0 Å². The van der Waals surface area contributed by atoms with Crippen molar-refractivity contribution in [1.29, 1.82) is 0 Å². The Hall–Kier alpha value is -2.44. The Balaban J connectivity index is 2.13. The van der Waals surface area contributed by atoms with Crippen molar-refractivity contribution in [3.8, 4) is 17.2 Å². The molecule has 0 saturated carbocycles. The second kappa shape index (κ2) is 10.9. The molecular formula is C21H23Cl2NO5. The summed E-state index contributed by atoms with van der Waals surface area (Å²) in [7, 11) is 1.63. The lowest BCUT2D eigenvalue weighted by atomic mass is 10.0. The van der Waals surface area contributed by atoms with E-state index in [0.717, 1.165) is 11.3 Å². The summed E-state index contributed by atoms with van der Waals surface area (Å²) in [5, 5.41) is 4.33. The van der Waals surface area contributed by atoms with Crippen LogP contribution in [0.25, 0.3) is 0 Å². The second-order valence-corrected chi connectivity index (χ2v) is 7.10. The Morgan fingerprint density at radius 3 is 2.45 bits per heavy atom. The number of oxime groups is 1. The summed E-state index contributed by atoms with van der Waals surface area (Å²) in [5.74, 6) is 1.48. The third-order valence-electron chi connectivity index (χ3n) is 3.83. The van der Waals surface area contributed by atoms with E-state index in [4.69, 9.17) is 42.3 Å². The summed E-state index contributed by atoms with van der Waals surface area (Å²) >= 11 is 12.7. The zero-order valence-electron chi connectivity index (χ0n) is 16.7. The van der Waals surface area contributed by atoms with E-state index in [9.17, 15) is 4.79 Å². The van der Waals surface area contributed by atoms with Crippen LogP contribution in [0.15, 0.2) is 35.5 Å². The molecule has 0 fully saturated rings. The summed E-state index contributed by atoms with van der Waals surface area (Å²) in [4.78, 5) is 16.1. The summed E-state index contributed by atoms with van der Waals surface area (Å²) in [6.07, 6.45) is 1.39. The second-order valence-electron chi connectivity index (χ2n) is 6.29. The van der Waals surface area contributed by atoms with Crippen LogP contribution in [0.3, 0.4) is 0 Å². The van der Waals surface area contributed by atoms with Gasteiger partial charge in [-0.25, -0.2) is 4.79 Å². The highest BCUT2D eigenvalue weighted by atomic mass is 35.5. The number of hydrogen-bond acceptors (Lipinski definition) is 6. The molecule has 0 heterocycles. The standard InChI is InChI=1S/C21H23Cl2NO5/c1-5-27-20(25)12-28-24-11-14-8-17(22)21(18(23)9-14)29-15-6-7-19(26-4)16(10-15)13(2)3/h6-11,13H,5,12H2,1-4H3/b24-11+. The van der Waals surface area contributed by atoms with Crippen LogP contribution in [0.4, 0.5) is 0 Å². The molecule has 0 aliphatic heterocycles. The van der Waals surface area contributed by atoms with E-state index < -0.39 is 5.97 Å². The average molecular weight is 440 g/mol. The van der Waals surface area contributed by atoms with Crippen molar-refractivity contribution in [2.45, 2.75) is 26.7 Å². The van der Waals surface area contributed by atoms with Crippen LogP contribution < -0.4 is 9.47 Å². The molecule has 0 radical (unpaired) electrons. The molecule has 2 aromatic rings. The predicted molar refractivity (Wildman–Crippen MR) is 114 cm³/mol. The molecule has 0 N–H and O–H groups in total. The minimum atomic E-state index is -0.496. The average Bonchev–Trinajstić information content (AvgIpc) is 2.68. The van der Waals surface area contributed by atoms with Crippen molar-refractivity contribution in [1.82, 2.24) is 0 Å². The van der Waals surface area contributed by atoms with Gasteiger partial charge >= 0.3 is 5.97 Å². The van der Waals surface area contributed by atoms with Crippen LogP contribution in [-0.4, -0.2) is 32.5 Å². The smallest absolute Gasteiger partial charge is 0.347 e. The first-order chi connectivity index (χ1) is 13.8. The van der Waals surface area contributed by atoms with Gasteiger partial charge in [-0.15, -0.1) is 0 Å². The van der Waals surface area contributed by atoms with Crippen LogP contribution in [0.1, 0.15) is 37.8 Å². The molecule has 0 atom stereocenters. The van der Waals surface area contributed by atoms with E-state index in [-0.39, 0.29) is 19.1 Å². The largest absolute Gasteiger partial charge is 0.496 e. The SMILES string of the molecule is CCOC(=O)CO/N=C/c1cc(Cl)c(Oc2ccc(OC)c(C(C)C)c2)c(Cl)c1. The number of rotatable bonds is 9. The van der Waals surface area contributed by atoms with E-state index in [0.29, 0.717) is 27.1 Å². The molecule has 156 valence electrons. The number of nitrogens with zero attached hydrogens (tertiary/aromatic N) is 1. The van der Waals surface area contributed by atoms with Crippen molar-refractivity contribution in [3.63, 3.8) is 0 Å². The fraction of sp³-hybridized carbons (Fsp3) is 0.333. The van der Waals surface area contributed by atoms with Crippen molar-refractivity contribution < 1.29 is 23.8 Å². The van der Waals surface area contributed by atoms with Gasteiger partial charge in [-0.05, 0) is 48.7 Å². The van der Waals surface area contributed by atoms with E-state index in [1.807, 2.05) is 12.1 Å². The highest BCUT2D eigenvalue weighted by molar-refractivity contribution is 6.37. The maximum atomic E-state index is 11.2. The van der Waals surface area contributed by atoms with Crippen molar-refractivity contribution in [3.05, 3.63) is 51.5 Å². The van der Waals surface area contributed by atoms with E-state index in [1.165, 1.54) is 6.21 Å². The molecule has 0 bridgehead atoms. The van der Waals surface area contributed by atoms with Crippen molar-refractivity contribution in [2.24, 2.45) is 5.16 Å². The molecule has 29 heavy (non-hydrogen) atoms. The van der Waals surface area contributed by atoms with Crippen LogP contribution in [0.5, 0.6) is 17.2 Å². The number of hydrogen-bond donors (Lipinski definition) is 0. The number of carbonyl (C=O) groups is 1. The number of ether oxygens (including phenoxy) is 3. The third kappa shape index (κ3) is 6.54. The molecule has 0 unspecified atom stereocenters. The van der Waals surface area contributed by atoms with Crippen LogP contribution >= 0.6 is 23.2 Å². The van der Waals surface area contributed by atoms with Gasteiger partial charge in [0.2, 0.25) is 6.61 Å². The summed E-state index contributed by atoms with van der Waals surface area (Å²) < 4.78 is 16.0. The Morgan fingerprint density at radius 2 is 1.86 bits per heavy atom. The van der Waals surface area contributed by atoms with E-state index in [2.05, 4.69) is 19.0 Å². The van der Waals surface area contributed by atoms with Gasteiger partial charge < -0.3 is 19.0 Å². The molecule has 2 rings (SSSR count). The summed E-state index contributed by atoms with van der Waals surface area (Å²) in [6, 6.07) is 8.79. The zero-order chi connectivity index (χ0) is 21.4. The summed E-state index contributed by atoms with van der Waals surface area (Å²) in [6.45, 7) is 5.86. The Bertz CT molecular complexity index is 860. The number of halogens is 2. The highest BCUT2D eigenvalue weighted by Gasteiger charge is 2.14. The molecule has 0 aliphatic rings. The first-order valence-electron chi connectivity index (χ1n) is 9.01. The molecule has 0 spiro atoms. The van der Waals surface area contributed by atoms with Gasteiger partial charge in [-0.2, -0.15) is 0 Å². The van der Waals surface area contributed by atoms with E-state index in [1.54, 1.807) is 32.2 Å². The number of methoxy groups -OCH3 is 1. The third-order valence-corrected chi connectivity index (χ3v) is 4.39. The van der Waals surface area contributed by atoms with Gasteiger partial charge in [0.05, 0.1) is 30.0 Å². The molecule has 6 nitrogen and oxygen atoms in total. The Labute approximate surface area is 180 Å². The summed E-state index contributed by atoms with van der Waals surface area (Å²) in [5.41, 5.74) is 1.61. The van der Waals surface area contributed by atoms with Crippen LogP contribution in [0.2, 0.25) is 10.0 Å². The van der Waals surface area contributed by atoms with Gasteiger partial charge in [0.15, 0.2) is 5.75 Å². The molecular weight excluding hydrogens is 417 g/mol. The molecule has 8 heteroatoms. The molecule has 0 aliphatic carbocycles. The molecule has 0 aromatic heterocycles. The first kappa shape index (κ1) is 22.8. The topological polar surface area (TPSA) is 66.4 Å². The van der Waals surface area contributed by atoms with Gasteiger partial charge in [-0.3, -0.25) is 0 Å². The number of esters is 1. The molecule has 0 saturated heterocycles. The lowest BCUT2D eigenvalue weighted by molar-refractivity contribution is -0.148. The fourth-order valence-electron chi connectivity index (χ4n) is 2.49. The Morgan fingerprint density at radius 1 is 1.17 bits per heavy atom. The van der Waals surface area contributed by atoms with Crippen LogP contribution in [0, 0.1) is 0 Å². The number of benzene rings is 2. The molecule has 0 amide bonds. The van der Waals surface area contributed by atoms with Gasteiger partial charge in [0, 0.05) is 5.56 Å². The van der Waals surface area contributed by atoms with Gasteiger partial charge in [-0.1, -0.05) is 42.2 Å². The monoisotopic (exact) mass is 439 g/mol. The maximum Gasteiger partial charge on any atom is 0.347 e. The van der Waals surface area contributed by atoms with Gasteiger partial charge in [0.25, 0.3) is 0 Å². The zero-order valence-corrected chi connectivity index (χ0v) is 18.2. The molecule has 2 aromatic carbocycles. The lowest BCUT2D eigenvalue weighted by Gasteiger charge is -2.15. The Kier molecular flexibility index (Phi) is 8.61. The van der Waals surface area contributed by atoms with Crippen molar-refractivity contribution in [2.75, 3.05) is 20.3 Å². The first-order valence-corrected chi connectivity index (χ1v) is 9.77. The predicted octanol–water partition coefficient (Wildman–Crippen LogP) is 5.83.